The molecule has 1 heterocycles. The third-order valence-corrected chi connectivity index (χ3v) is 3.61. The molecule has 2 heteroatoms. The number of thioether (sulfide) groups is 1. The second-order valence-electron chi connectivity index (χ2n) is 3.52. The molecule has 0 bridgehead atoms. The van der Waals surface area contributed by atoms with E-state index < -0.39 is 0 Å². The first kappa shape index (κ1) is 11.0. The molecule has 1 aromatic carbocycles. The van der Waals surface area contributed by atoms with Gasteiger partial charge in [-0.2, -0.15) is 0 Å². The molecule has 0 saturated carbocycles. The molecule has 1 aromatic rings. The summed E-state index contributed by atoms with van der Waals surface area (Å²) in [6, 6.07) is 10.2. The van der Waals surface area contributed by atoms with E-state index in [2.05, 4.69) is 18.2 Å². The molecule has 80 valence electrons. The van der Waals surface area contributed by atoms with E-state index in [1.807, 2.05) is 37.3 Å². The number of carbonyl (C=O) groups is 1. The van der Waals surface area contributed by atoms with Crippen molar-refractivity contribution in [2.45, 2.75) is 6.92 Å². The number of hydrogen-bond acceptors (Lipinski definition) is 2. The fourth-order valence-corrected chi connectivity index (χ4v) is 2.43. The highest BCUT2D eigenvalue weighted by Crippen LogP contribution is 2.38. The minimum absolute atomic E-state index is 0.780. The van der Waals surface area contributed by atoms with Crippen LogP contribution in [-0.2, 0) is 4.79 Å². The molecule has 0 aromatic heterocycles. The summed E-state index contributed by atoms with van der Waals surface area (Å²) in [4.78, 5) is 12.9. The Balaban J connectivity index is 2.31. The molecule has 16 heavy (non-hydrogen) atoms. The second kappa shape index (κ2) is 4.99. The number of carbonyl (C=O) groups excluding carboxylic acids is 1. The summed E-state index contributed by atoms with van der Waals surface area (Å²) in [7, 11) is 0. The van der Waals surface area contributed by atoms with Gasteiger partial charge in [-0.05, 0) is 24.6 Å². The van der Waals surface area contributed by atoms with Crippen LogP contribution in [0.1, 0.15) is 12.5 Å². The molecular weight excluding hydrogens is 216 g/mol. The number of aldehydes is 1. The van der Waals surface area contributed by atoms with Crippen LogP contribution in [0.3, 0.4) is 0 Å². The Kier molecular flexibility index (Phi) is 3.42. The molecule has 0 fully saturated rings. The van der Waals surface area contributed by atoms with Crippen LogP contribution in [0.2, 0.25) is 0 Å². The van der Waals surface area contributed by atoms with Gasteiger partial charge in [-0.3, -0.25) is 4.79 Å². The Hall–Kier alpha value is -1.54. The van der Waals surface area contributed by atoms with E-state index >= 15 is 0 Å². The Morgan fingerprint density at radius 2 is 2.00 bits per heavy atom. The van der Waals surface area contributed by atoms with E-state index in [0.717, 1.165) is 16.8 Å². The first-order valence-corrected chi connectivity index (χ1v) is 5.90. The predicted molar refractivity (Wildman–Crippen MR) is 69.9 cm³/mol. The van der Waals surface area contributed by atoms with Crippen LogP contribution in [-0.4, -0.2) is 6.29 Å². The molecule has 2 rings (SSSR count). The summed E-state index contributed by atoms with van der Waals surface area (Å²) in [6.07, 6.45) is 6.93. The summed E-state index contributed by atoms with van der Waals surface area (Å²) in [5.74, 6) is 0. The summed E-state index contributed by atoms with van der Waals surface area (Å²) in [5, 5.41) is 0. The second-order valence-corrected chi connectivity index (χ2v) is 4.61. The Morgan fingerprint density at radius 3 is 2.69 bits per heavy atom. The van der Waals surface area contributed by atoms with Gasteiger partial charge in [0, 0.05) is 15.4 Å². The molecule has 1 nitrogen and oxygen atoms in total. The van der Waals surface area contributed by atoms with Crippen LogP contribution in [0.15, 0.2) is 59.0 Å². The van der Waals surface area contributed by atoms with Crippen molar-refractivity contribution in [3.8, 4) is 0 Å². The van der Waals surface area contributed by atoms with Crippen molar-refractivity contribution in [2.75, 3.05) is 0 Å². The standard InChI is InChI=1S/C14H12OS/c1-11(10-15)13-8-5-9-14(16-13)12-6-3-2-4-7-12/h2-10H,1H3/b13-11+. The lowest BCUT2D eigenvalue weighted by molar-refractivity contribution is -0.104. The van der Waals surface area contributed by atoms with Gasteiger partial charge in [0.1, 0.15) is 6.29 Å². The van der Waals surface area contributed by atoms with E-state index in [1.165, 1.54) is 10.5 Å². The zero-order valence-electron chi connectivity index (χ0n) is 9.01. The lowest BCUT2D eigenvalue weighted by Crippen LogP contribution is -1.88. The van der Waals surface area contributed by atoms with E-state index in [-0.39, 0.29) is 0 Å². The lowest BCUT2D eigenvalue weighted by Gasteiger charge is -2.12. The molecule has 0 N–H and O–H groups in total. The highest BCUT2D eigenvalue weighted by atomic mass is 32.2. The fraction of sp³-hybridized carbons (Fsp3) is 0.0714. The zero-order chi connectivity index (χ0) is 11.4. The molecule has 1 aliphatic rings. The lowest BCUT2D eigenvalue weighted by atomic mass is 10.2. The van der Waals surface area contributed by atoms with Crippen molar-refractivity contribution in [3.63, 3.8) is 0 Å². The van der Waals surface area contributed by atoms with E-state index in [0.29, 0.717) is 0 Å². The number of benzene rings is 1. The molecular formula is C14H12OS. The fourth-order valence-electron chi connectivity index (χ4n) is 1.44. The van der Waals surface area contributed by atoms with Crippen molar-refractivity contribution in [1.82, 2.24) is 0 Å². The topological polar surface area (TPSA) is 17.1 Å². The molecule has 0 saturated heterocycles. The SMILES string of the molecule is C/C(C=O)=C1/C=CC=C(c2ccccc2)S1. The van der Waals surface area contributed by atoms with Gasteiger partial charge >= 0.3 is 0 Å². The van der Waals surface area contributed by atoms with Crippen LogP contribution in [0.5, 0.6) is 0 Å². The third-order valence-electron chi connectivity index (χ3n) is 2.34. The van der Waals surface area contributed by atoms with E-state index in [1.54, 1.807) is 11.8 Å². The number of hydrogen-bond donors (Lipinski definition) is 0. The van der Waals surface area contributed by atoms with Crippen molar-refractivity contribution in [1.29, 1.82) is 0 Å². The molecule has 0 amide bonds. The molecule has 0 radical (unpaired) electrons. The summed E-state index contributed by atoms with van der Waals surface area (Å²) in [6.45, 7) is 1.84. The van der Waals surface area contributed by atoms with Gasteiger partial charge in [-0.25, -0.2) is 0 Å². The average Bonchev–Trinajstić information content (AvgIpc) is 2.39. The molecule has 1 aliphatic heterocycles. The quantitative estimate of drug-likeness (QED) is 0.565. The van der Waals surface area contributed by atoms with Crippen LogP contribution in [0, 0.1) is 0 Å². The van der Waals surface area contributed by atoms with Gasteiger partial charge in [0.25, 0.3) is 0 Å². The third kappa shape index (κ3) is 2.34. The number of allylic oxidation sites excluding steroid dienone is 4. The molecule has 0 aliphatic carbocycles. The Bertz CT molecular complexity index is 481. The van der Waals surface area contributed by atoms with Crippen LogP contribution in [0.25, 0.3) is 4.91 Å². The Morgan fingerprint density at radius 1 is 1.25 bits per heavy atom. The predicted octanol–water partition coefficient (Wildman–Crippen LogP) is 3.80. The first-order valence-electron chi connectivity index (χ1n) is 5.09. The van der Waals surface area contributed by atoms with Crippen LogP contribution < -0.4 is 0 Å². The summed E-state index contributed by atoms with van der Waals surface area (Å²) >= 11 is 1.64. The maximum atomic E-state index is 10.7. The van der Waals surface area contributed by atoms with Crippen LogP contribution >= 0.6 is 11.8 Å². The molecule has 0 unspecified atom stereocenters. The van der Waals surface area contributed by atoms with Gasteiger partial charge in [0.15, 0.2) is 0 Å². The molecule has 0 atom stereocenters. The largest absolute Gasteiger partial charge is 0.298 e. The average molecular weight is 228 g/mol. The van der Waals surface area contributed by atoms with Crippen molar-refractivity contribution >= 4 is 23.0 Å². The monoisotopic (exact) mass is 228 g/mol. The number of rotatable bonds is 2. The van der Waals surface area contributed by atoms with E-state index in [4.69, 9.17) is 0 Å². The van der Waals surface area contributed by atoms with Gasteiger partial charge < -0.3 is 0 Å². The highest BCUT2D eigenvalue weighted by Gasteiger charge is 2.09. The van der Waals surface area contributed by atoms with Gasteiger partial charge in [0.2, 0.25) is 0 Å². The van der Waals surface area contributed by atoms with Crippen LogP contribution in [0.4, 0.5) is 0 Å². The maximum Gasteiger partial charge on any atom is 0.146 e. The van der Waals surface area contributed by atoms with Gasteiger partial charge in [-0.1, -0.05) is 48.2 Å². The van der Waals surface area contributed by atoms with Crippen molar-refractivity contribution < 1.29 is 4.79 Å². The smallest absolute Gasteiger partial charge is 0.146 e. The summed E-state index contributed by atoms with van der Waals surface area (Å²) in [5.41, 5.74) is 1.97. The molecule has 0 spiro atoms. The Labute approximate surface area is 99.6 Å². The van der Waals surface area contributed by atoms with E-state index in [9.17, 15) is 4.79 Å². The minimum Gasteiger partial charge on any atom is -0.298 e. The van der Waals surface area contributed by atoms with Gasteiger partial charge in [-0.15, -0.1) is 0 Å². The van der Waals surface area contributed by atoms with Crippen molar-refractivity contribution in [2.24, 2.45) is 0 Å². The summed E-state index contributed by atoms with van der Waals surface area (Å²) < 4.78 is 0. The maximum absolute atomic E-state index is 10.7. The normalized spacial score (nSPS) is 17.9. The highest BCUT2D eigenvalue weighted by molar-refractivity contribution is 8.12. The first-order chi connectivity index (χ1) is 7.81. The zero-order valence-corrected chi connectivity index (χ0v) is 9.83. The van der Waals surface area contributed by atoms with Crippen molar-refractivity contribution in [3.05, 3.63) is 64.6 Å². The minimum atomic E-state index is 0.780. The van der Waals surface area contributed by atoms with Gasteiger partial charge in [0.05, 0.1) is 0 Å².